The number of esters is 1. The summed E-state index contributed by atoms with van der Waals surface area (Å²) in [5, 5.41) is 0. The molecule has 0 fully saturated rings. The van der Waals surface area contributed by atoms with Crippen LogP contribution in [0.3, 0.4) is 0 Å². The van der Waals surface area contributed by atoms with Gasteiger partial charge in [-0.05, 0) is 26.3 Å². The molecule has 0 aliphatic rings. The van der Waals surface area contributed by atoms with E-state index in [2.05, 4.69) is 16.9 Å². The Bertz CT molecular complexity index is 369. The monoisotopic (exact) mass is 237 g/mol. The summed E-state index contributed by atoms with van der Waals surface area (Å²) in [5.41, 5.74) is 0. The summed E-state index contributed by atoms with van der Waals surface area (Å²) in [7, 11) is 0. The average molecular weight is 237 g/mol. The van der Waals surface area contributed by atoms with Gasteiger partial charge >= 0.3 is 5.97 Å². The molecule has 0 saturated heterocycles. The first-order valence-electron chi connectivity index (χ1n) is 5.87. The van der Waals surface area contributed by atoms with E-state index in [1.165, 1.54) is 0 Å². The van der Waals surface area contributed by atoms with Crippen LogP contribution in [0.15, 0.2) is 12.3 Å². The molecule has 0 N–H and O–H groups in total. The maximum Gasteiger partial charge on any atom is 0.325 e. The van der Waals surface area contributed by atoms with E-state index in [1.807, 2.05) is 17.9 Å². The predicted octanol–water partition coefficient (Wildman–Crippen LogP) is 1.56. The molecule has 0 amide bonds. The molecular weight excluding hydrogens is 218 g/mol. The summed E-state index contributed by atoms with van der Waals surface area (Å²) in [6.45, 7) is 7.11. The van der Waals surface area contributed by atoms with Gasteiger partial charge in [0, 0.05) is 12.7 Å². The van der Waals surface area contributed by atoms with Crippen molar-refractivity contribution in [2.45, 2.75) is 27.2 Å². The fourth-order valence-electron chi connectivity index (χ4n) is 1.53. The molecule has 1 aromatic heterocycles. The molecule has 0 aliphatic heterocycles. The van der Waals surface area contributed by atoms with Gasteiger partial charge in [-0.2, -0.15) is 0 Å². The van der Waals surface area contributed by atoms with Crippen LogP contribution in [0.5, 0.6) is 0 Å². The van der Waals surface area contributed by atoms with E-state index in [4.69, 9.17) is 4.74 Å². The van der Waals surface area contributed by atoms with E-state index in [-0.39, 0.29) is 12.5 Å². The second-order valence-corrected chi connectivity index (χ2v) is 3.69. The summed E-state index contributed by atoms with van der Waals surface area (Å²) in [6, 6.07) is 1.81. The molecule has 0 aliphatic carbocycles. The standard InChI is InChI=1S/C12H19N3O2/c1-4-8-15(9-12(16)17-5-2)11-6-7-13-10(3)14-11/h6-7H,4-5,8-9H2,1-3H3. The Morgan fingerprint density at radius 1 is 1.47 bits per heavy atom. The fraction of sp³-hybridized carbons (Fsp3) is 0.583. The minimum atomic E-state index is -0.225. The molecule has 1 aromatic rings. The zero-order chi connectivity index (χ0) is 12.7. The molecule has 5 nitrogen and oxygen atoms in total. The van der Waals surface area contributed by atoms with Crippen LogP contribution in [0.2, 0.25) is 0 Å². The molecule has 5 heteroatoms. The van der Waals surface area contributed by atoms with Crippen molar-refractivity contribution in [2.24, 2.45) is 0 Å². The first kappa shape index (κ1) is 13.4. The molecule has 0 atom stereocenters. The Morgan fingerprint density at radius 2 is 2.24 bits per heavy atom. The van der Waals surface area contributed by atoms with Gasteiger partial charge in [0.15, 0.2) is 0 Å². The minimum absolute atomic E-state index is 0.225. The molecule has 1 rings (SSSR count). The van der Waals surface area contributed by atoms with Crippen LogP contribution in [0.25, 0.3) is 0 Å². The van der Waals surface area contributed by atoms with Crippen molar-refractivity contribution in [3.05, 3.63) is 18.1 Å². The Morgan fingerprint density at radius 3 is 2.82 bits per heavy atom. The highest BCUT2D eigenvalue weighted by Crippen LogP contribution is 2.10. The highest BCUT2D eigenvalue weighted by Gasteiger charge is 2.12. The summed E-state index contributed by atoms with van der Waals surface area (Å²) >= 11 is 0. The smallest absolute Gasteiger partial charge is 0.325 e. The van der Waals surface area contributed by atoms with E-state index in [0.29, 0.717) is 12.4 Å². The van der Waals surface area contributed by atoms with Crippen LogP contribution in [-0.2, 0) is 9.53 Å². The third kappa shape index (κ3) is 4.38. The van der Waals surface area contributed by atoms with Crippen molar-refractivity contribution < 1.29 is 9.53 Å². The molecule has 0 unspecified atom stereocenters. The summed E-state index contributed by atoms with van der Waals surface area (Å²) in [6.07, 6.45) is 2.65. The number of carbonyl (C=O) groups is 1. The fourth-order valence-corrected chi connectivity index (χ4v) is 1.53. The third-order valence-corrected chi connectivity index (χ3v) is 2.20. The number of nitrogens with zero attached hydrogens (tertiary/aromatic N) is 3. The number of aromatic nitrogens is 2. The molecule has 0 radical (unpaired) electrons. The third-order valence-electron chi connectivity index (χ3n) is 2.20. The zero-order valence-corrected chi connectivity index (χ0v) is 10.6. The lowest BCUT2D eigenvalue weighted by Gasteiger charge is -2.21. The van der Waals surface area contributed by atoms with Gasteiger partial charge < -0.3 is 9.64 Å². The summed E-state index contributed by atoms with van der Waals surface area (Å²) < 4.78 is 4.95. The van der Waals surface area contributed by atoms with Crippen molar-refractivity contribution in [3.8, 4) is 0 Å². The van der Waals surface area contributed by atoms with Gasteiger partial charge in [0.05, 0.1) is 6.61 Å². The van der Waals surface area contributed by atoms with Gasteiger partial charge in [-0.25, -0.2) is 9.97 Å². The lowest BCUT2D eigenvalue weighted by molar-refractivity contribution is -0.141. The Hall–Kier alpha value is -1.65. The van der Waals surface area contributed by atoms with Gasteiger partial charge in [-0.15, -0.1) is 0 Å². The van der Waals surface area contributed by atoms with E-state index in [0.717, 1.165) is 18.8 Å². The van der Waals surface area contributed by atoms with Gasteiger partial charge in [0.1, 0.15) is 18.2 Å². The van der Waals surface area contributed by atoms with Crippen molar-refractivity contribution in [2.75, 3.05) is 24.6 Å². The number of hydrogen-bond donors (Lipinski definition) is 0. The first-order valence-corrected chi connectivity index (χ1v) is 5.87. The van der Waals surface area contributed by atoms with Crippen LogP contribution in [0.1, 0.15) is 26.1 Å². The molecule has 0 aromatic carbocycles. The van der Waals surface area contributed by atoms with Crippen LogP contribution < -0.4 is 4.90 Å². The van der Waals surface area contributed by atoms with E-state index in [9.17, 15) is 4.79 Å². The molecule has 94 valence electrons. The van der Waals surface area contributed by atoms with E-state index in [1.54, 1.807) is 13.1 Å². The van der Waals surface area contributed by atoms with E-state index < -0.39 is 0 Å². The SMILES string of the molecule is CCCN(CC(=O)OCC)c1ccnc(C)n1. The van der Waals surface area contributed by atoms with Gasteiger partial charge in [-0.1, -0.05) is 6.92 Å². The Labute approximate surface area is 102 Å². The van der Waals surface area contributed by atoms with Crippen LogP contribution in [0.4, 0.5) is 5.82 Å². The zero-order valence-electron chi connectivity index (χ0n) is 10.6. The van der Waals surface area contributed by atoms with Crippen LogP contribution in [0, 0.1) is 6.92 Å². The maximum absolute atomic E-state index is 11.5. The number of rotatable bonds is 6. The quantitative estimate of drug-likeness (QED) is 0.703. The lowest BCUT2D eigenvalue weighted by Crippen LogP contribution is -2.32. The van der Waals surface area contributed by atoms with Crippen molar-refractivity contribution in [1.29, 1.82) is 0 Å². The topological polar surface area (TPSA) is 55.3 Å². The number of aryl methyl sites for hydroxylation is 1. The summed E-state index contributed by atoms with van der Waals surface area (Å²) in [4.78, 5) is 21.7. The number of ether oxygens (including phenoxy) is 1. The van der Waals surface area contributed by atoms with Crippen molar-refractivity contribution >= 4 is 11.8 Å². The number of anilines is 1. The second-order valence-electron chi connectivity index (χ2n) is 3.69. The second kappa shape index (κ2) is 6.83. The number of carbonyl (C=O) groups excluding carboxylic acids is 1. The Balaban J connectivity index is 2.74. The van der Waals surface area contributed by atoms with Crippen LogP contribution >= 0.6 is 0 Å². The summed E-state index contributed by atoms with van der Waals surface area (Å²) in [5.74, 6) is 1.25. The van der Waals surface area contributed by atoms with E-state index >= 15 is 0 Å². The maximum atomic E-state index is 11.5. The average Bonchev–Trinajstić information content (AvgIpc) is 2.29. The van der Waals surface area contributed by atoms with Crippen LogP contribution in [-0.4, -0.2) is 35.6 Å². The molecule has 0 spiro atoms. The van der Waals surface area contributed by atoms with Gasteiger partial charge in [-0.3, -0.25) is 4.79 Å². The predicted molar refractivity (Wildman–Crippen MR) is 65.9 cm³/mol. The molecule has 0 saturated carbocycles. The minimum Gasteiger partial charge on any atom is -0.465 e. The Kier molecular flexibility index (Phi) is 5.39. The highest BCUT2D eigenvalue weighted by atomic mass is 16.5. The normalized spacial score (nSPS) is 10.1. The van der Waals surface area contributed by atoms with Crippen molar-refractivity contribution in [1.82, 2.24) is 9.97 Å². The van der Waals surface area contributed by atoms with Gasteiger partial charge in [0.2, 0.25) is 0 Å². The molecular formula is C12H19N3O2. The molecule has 17 heavy (non-hydrogen) atoms. The highest BCUT2D eigenvalue weighted by molar-refractivity contribution is 5.75. The molecule has 1 heterocycles. The number of hydrogen-bond acceptors (Lipinski definition) is 5. The van der Waals surface area contributed by atoms with Crippen molar-refractivity contribution in [3.63, 3.8) is 0 Å². The molecule has 0 bridgehead atoms. The first-order chi connectivity index (χ1) is 8.17. The van der Waals surface area contributed by atoms with Gasteiger partial charge in [0.25, 0.3) is 0 Å². The lowest BCUT2D eigenvalue weighted by atomic mass is 10.3. The largest absolute Gasteiger partial charge is 0.465 e.